The van der Waals surface area contributed by atoms with Gasteiger partial charge in [0, 0.05) is 41.0 Å². The Balaban J connectivity index is 1.19. The monoisotopic (exact) mass is 699 g/mol. The maximum atomic E-state index is 13.4. The van der Waals surface area contributed by atoms with Crippen molar-refractivity contribution in [1.82, 2.24) is 13.9 Å². The van der Waals surface area contributed by atoms with Crippen LogP contribution in [-0.2, 0) is 10.0 Å². The van der Waals surface area contributed by atoms with Gasteiger partial charge in [-0.05, 0) is 103 Å². The highest BCUT2D eigenvalue weighted by Crippen LogP contribution is 2.44. The maximum Gasteiger partial charge on any atom is 0.573 e. The first-order valence-electron chi connectivity index (χ1n) is 15.3. The van der Waals surface area contributed by atoms with Crippen molar-refractivity contribution in [1.29, 1.82) is 0 Å². The Morgan fingerprint density at radius 3 is 1.85 bits per heavy atom. The van der Waals surface area contributed by atoms with Crippen molar-refractivity contribution in [3.05, 3.63) is 124 Å². The van der Waals surface area contributed by atoms with Crippen molar-refractivity contribution in [2.24, 2.45) is 0 Å². The number of sulfonamides is 1. The number of halogens is 5. The molecular weight excluding hydrogens is 670 g/mol. The Hall–Kier alpha value is -3.57. The first-order chi connectivity index (χ1) is 22.5. The summed E-state index contributed by atoms with van der Waals surface area (Å²) < 4.78 is 72.2. The summed E-state index contributed by atoms with van der Waals surface area (Å²) in [6.45, 7) is 0.547. The predicted molar refractivity (Wildman–Crippen MR) is 176 cm³/mol. The Morgan fingerprint density at radius 2 is 1.32 bits per heavy atom. The van der Waals surface area contributed by atoms with E-state index in [1.54, 1.807) is 0 Å². The summed E-state index contributed by atoms with van der Waals surface area (Å²) in [5.41, 5.74) is 5.17. The molecule has 12 heteroatoms. The third-order valence-electron chi connectivity index (χ3n) is 8.91. The largest absolute Gasteiger partial charge is 0.573 e. The number of hydrogen-bond donors (Lipinski definition) is 0. The van der Waals surface area contributed by atoms with Gasteiger partial charge in [0.25, 0.3) is 0 Å². The van der Waals surface area contributed by atoms with E-state index in [0.717, 1.165) is 70.7 Å². The third-order valence-corrected chi connectivity index (χ3v) is 11.3. The molecule has 0 radical (unpaired) electrons. The molecular formula is C35H30Cl2F3N3O3S. The third kappa shape index (κ3) is 6.74. The first kappa shape index (κ1) is 32.0. The number of piperidine rings is 1. The van der Waals surface area contributed by atoms with Gasteiger partial charge in [0.05, 0.1) is 15.9 Å². The number of hydrogen-bond acceptors (Lipinski definition) is 4. The van der Waals surface area contributed by atoms with Crippen LogP contribution in [0.5, 0.6) is 5.75 Å². The number of fused-ring (bicyclic) bond motifs is 1. The van der Waals surface area contributed by atoms with Crippen LogP contribution in [-0.4, -0.2) is 41.7 Å². The second kappa shape index (κ2) is 12.5. The van der Waals surface area contributed by atoms with E-state index in [1.165, 1.54) is 4.31 Å². The zero-order valence-electron chi connectivity index (χ0n) is 25.0. The summed E-state index contributed by atoms with van der Waals surface area (Å²) in [6, 6.07) is 26.4. The smallest absolute Gasteiger partial charge is 0.406 e. The lowest BCUT2D eigenvalue weighted by Crippen LogP contribution is -2.39. The molecule has 2 heterocycles. The topological polar surface area (TPSA) is 64.4 Å². The molecule has 7 rings (SSSR count). The average Bonchev–Trinajstić information content (AvgIpc) is 3.83. The van der Waals surface area contributed by atoms with Crippen molar-refractivity contribution in [2.45, 2.75) is 54.8 Å². The minimum atomic E-state index is -4.85. The van der Waals surface area contributed by atoms with Crippen LogP contribution < -0.4 is 4.74 Å². The minimum absolute atomic E-state index is 0.0318. The molecule has 6 nitrogen and oxygen atoms in total. The van der Waals surface area contributed by atoms with Crippen LogP contribution in [0.4, 0.5) is 13.2 Å². The van der Waals surface area contributed by atoms with Crippen molar-refractivity contribution >= 4 is 44.3 Å². The lowest BCUT2D eigenvalue weighted by molar-refractivity contribution is -0.274. The number of imidazole rings is 1. The molecule has 47 heavy (non-hydrogen) atoms. The van der Waals surface area contributed by atoms with E-state index >= 15 is 0 Å². The van der Waals surface area contributed by atoms with Crippen LogP contribution in [0.25, 0.3) is 11.0 Å². The van der Waals surface area contributed by atoms with Gasteiger partial charge in [0.15, 0.2) is 0 Å². The van der Waals surface area contributed by atoms with Crippen LogP contribution in [0.2, 0.25) is 10.0 Å². The van der Waals surface area contributed by atoms with Crippen molar-refractivity contribution in [2.75, 3.05) is 13.1 Å². The second-order valence-electron chi connectivity index (χ2n) is 12.1. The van der Waals surface area contributed by atoms with E-state index in [0.29, 0.717) is 28.8 Å². The van der Waals surface area contributed by atoms with E-state index in [2.05, 4.69) is 27.5 Å². The fourth-order valence-corrected chi connectivity index (χ4v) is 8.23. The molecule has 4 aromatic carbocycles. The molecule has 2 fully saturated rings. The summed E-state index contributed by atoms with van der Waals surface area (Å²) in [7, 11) is -3.90. The van der Waals surface area contributed by atoms with E-state index in [4.69, 9.17) is 28.2 Å². The normalized spacial score (nSPS) is 16.6. The summed E-state index contributed by atoms with van der Waals surface area (Å²) in [6.07, 6.45) is -1.58. The summed E-state index contributed by atoms with van der Waals surface area (Å²) >= 11 is 12.5. The van der Waals surface area contributed by atoms with Crippen LogP contribution in [0, 0.1) is 0 Å². The molecule has 0 atom stereocenters. The van der Waals surface area contributed by atoms with Gasteiger partial charge in [-0.3, -0.25) is 0 Å². The van der Waals surface area contributed by atoms with E-state index in [9.17, 15) is 21.6 Å². The Morgan fingerprint density at radius 1 is 0.766 bits per heavy atom. The predicted octanol–water partition coefficient (Wildman–Crippen LogP) is 9.33. The van der Waals surface area contributed by atoms with Gasteiger partial charge < -0.3 is 9.30 Å². The lowest BCUT2D eigenvalue weighted by Gasteiger charge is -2.33. The Kier molecular flexibility index (Phi) is 8.49. The molecule has 1 saturated heterocycles. The lowest BCUT2D eigenvalue weighted by atomic mass is 9.85. The number of alkyl halides is 3. The van der Waals surface area contributed by atoms with Crippen LogP contribution in [0.3, 0.4) is 0 Å². The molecule has 1 aliphatic heterocycles. The summed E-state index contributed by atoms with van der Waals surface area (Å²) in [5.74, 6) is 0.853. The SMILES string of the molecule is O=S(=O)(c1ccc(OC(F)(F)F)cc1)N1CCC(n2c(C3CC3)nc3ccc(C(c4ccc(Cl)cc4)c4ccc(Cl)cc4)cc32)CC1. The summed E-state index contributed by atoms with van der Waals surface area (Å²) in [4.78, 5) is 5.00. The molecule has 0 amide bonds. The molecule has 0 bridgehead atoms. The van der Waals surface area contributed by atoms with Gasteiger partial charge in [-0.2, -0.15) is 4.31 Å². The molecule has 0 spiro atoms. The van der Waals surface area contributed by atoms with Crippen LogP contribution in [0.1, 0.15) is 66.1 Å². The molecule has 244 valence electrons. The number of benzene rings is 4. The van der Waals surface area contributed by atoms with Crippen LogP contribution in [0.15, 0.2) is 95.9 Å². The van der Waals surface area contributed by atoms with Gasteiger partial charge in [-0.15, -0.1) is 13.2 Å². The van der Waals surface area contributed by atoms with Crippen molar-refractivity contribution < 1.29 is 26.3 Å². The van der Waals surface area contributed by atoms with Crippen LogP contribution >= 0.6 is 23.2 Å². The van der Waals surface area contributed by atoms with E-state index < -0.39 is 22.1 Å². The quantitative estimate of drug-likeness (QED) is 0.152. The second-order valence-corrected chi connectivity index (χ2v) is 14.9. The molecule has 0 N–H and O–H groups in total. The van der Waals surface area contributed by atoms with Crippen molar-refractivity contribution in [3.63, 3.8) is 0 Å². The Bertz CT molecular complexity index is 1960. The molecule has 1 aromatic heterocycles. The molecule has 1 saturated carbocycles. The summed E-state index contributed by atoms with van der Waals surface area (Å²) in [5, 5.41) is 1.32. The van der Waals surface area contributed by atoms with Gasteiger partial charge in [0.2, 0.25) is 10.0 Å². The number of ether oxygens (including phenoxy) is 1. The zero-order valence-corrected chi connectivity index (χ0v) is 27.3. The average molecular weight is 701 g/mol. The van der Waals surface area contributed by atoms with Gasteiger partial charge in [-0.1, -0.05) is 53.5 Å². The number of nitrogens with zero attached hydrogens (tertiary/aromatic N) is 3. The maximum absolute atomic E-state index is 13.4. The fourth-order valence-electron chi connectivity index (χ4n) is 6.51. The number of aromatic nitrogens is 2. The van der Waals surface area contributed by atoms with E-state index in [-0.39, 0.29) is 29.9 Å². The van der Waals surface area contributed by atoms with Crippen molar-refractivity contribution in [3.8, 4) is 5.75 Å². The highest BCUT2D eigenvalue weighted by atomic mass is 35.5. The van der Waals surface area contributed by atoms with E-state index in [1.807, 2.05) is 48.5 Å². The molecule has 2 aliphatic rings. The van der Waals surface area contributed by atoms with Gasteiger partial charge in [-0.25, -0.2) is 13.4 Å². The standard InChI is InChI=1S/C35H30Cl2F3N3O3S/c36-26-8-3-22(4-9-26)33(23-5-10-27(37)11-6-23)25-7-16-31-32(21-25)43(34(41-31)24-1-2-24)28-17-19-42(20-18-28)47(44,45)30-14-12-29(13-15-30)46-35(38,39)40/h3-16,21,24,28,33H,1-2,17-20H2. The van der Waals surface area contributed by atoms with Gasteiger partial charge in [0.1, 0.15) is 11.6 Å². The minimum Gasteiger partial charge on any atom is -0.406 e. The highest BCUT2D eigenvalue weighted by molar-refractivity contribution is 7.89. The van der Waals surface area contributed by atoms with Gasteiger partial charge >= 0.3 is 6.36 Å². The Labute approximate surface area is 280 Å². The molecule has 5 aromatic rings. The molecule has 0 unspecified atom stereocenters. The zero-order chi connectivity index (χ0) is 32.9. The fraction of sp³-hybridized carbons (Fsp3) is 0.286. The highest BCUT2D eigenvalue weighted by Gasteiger charge is 2.36. The molecule has 1 aliphatic carbocycles. The first-order valence-corrected chi connectivity index (χ1v) is 17.5. The number of rotatable bonds is 8.